The van der Waals surface area contributed by atoms with Crippen LogP contribution in [0.25, 0.3) is 0 Å². The maximum absolute atomic E-state index is 12.0. The van der Waals surface area contributed by atoms with Gasteiger partial charge < -0.3 is 9.84 Å². The summed E-state index contributed by atoms with van der Waals surface area (Å²) in [5.74, 6) is -3.07. The maximum atomic E-state index is 12.0. The van der Waals surface area contributed by atoms with E-state index in [-0.39, 0.29) is 13.0 Å². The third kappa shape index (κ3) is 4.45. The number of ether oxygens (including phenoxy) is 1. The lowest BCUT2D eigenvalue weighted by Crippen LogP contribution is -2.27. The summed E-state index contributed by atoms with van der Waals surface area (Å²) in [7, 11) is 0. The molecule has 1 N–H and O–H groups in total. The van der Waals surface area contributed by atoms with Gasteiger partial charge in [0.15, 0.2) is 5.92 Å². The van der Waals surface area contributed by atoms with Gasteiger partial charge in [-0.15, -0.1) is 0 Å². The Hall–Kier alpha value is -2.62. The predicted octanol–water partition coefficient (Wildman–Crippen LogP) is 2.67. The maximum Gasteiger partial charge on any atom is 0.320 e. The van der Waals surface area contributed by atoms with Gasteiger partial charge in [0.05, 0.1) is 0 Å². The number of carbonyl (C=O) groups excluding carboxylic acids is 1. The summed E-state index contributed by atoms with van der Waals surface area (Å²) in [6, 6.07) is 18.2. The van der Waals surface area contributed by atoms with E-state index in [1.807, 2.05) is 48.5 Å². The lowest BCUT2D eigenvalue weighted by Gasteiger charge is -2.12. The second-order valence-electron chi connectivity index (χ2n) is 4.67. The average Bonchev–Trinajstić information content (AvgIpc) is 2.52. The van der Waals surface area contributed by atoms with E-state index < -0.39 is 17.9 Å². The van der Waals surface area contributed by atoms with Crippen LogP contribution in [0, 0.1) is 5.92 Å². The van der Waals surface area contributed by atoms with Gasteiger partial charge >= 0.3 is 11.9 Å². The Balaban J connectivity index is 1.98. The molecule has 0 aliphatic rings. The van der Waals surface area contributed by atoms with Gasteiger partial charge in [-0.3, -0.25) is 9.59 Å². The molecule has 4 nitrogen and oxygen atoms in total. The first-order chi connectivity index (χ1) is 10.2. The van der Waals surface area contributed by atoms with Gasteiger partial charge in [-0.2, -0.15) is 0 Å². The third-order valence-electron chi connectivity index (χ3n) is 3.09. The Bertz CT molecular complexity index is 593. The number of carboxylic acids is 1. The number of rotatable bonds is 6. The molecule has 0 aromatic heterocycles. The minimum Gasteiger partial charge on any atom is -0.481 e. The molecule has 0 aliphatic heterocycles. The SMILES string of the molecule is O=C(O)C(Cc1ccccc1)C(=O)OCc1ccccc1. The van der Waals surface area contributed by atoms with E-state index in [4.69, 9.17) is 4.74 Å². The van der Waals surface area contributed by atoms with Crippen LogP contribution in [0.5, 0.6) is 0 Å². The molecule has 4 heteroatoms. The molecule has 1 atom stereocenters. The molecule has 0 amide bonds. The minimum atomic E-state index is -1.18. The molecule has 1 unspecified atom stereocenters. The van der Waals surface area contributed by atoms with E-state index >= 15 is 0 Å². The van der Waals surface area contributed by atoms with Crippen molar-refractivity contribution in [2.45, 2.75) is 13.0 Å². The second kappa shape index (κ2) is 7.24. The largest absolute Gasteiger partial charge is 0.481 e. The van der Waals surface area contributed by atoms with Crippen LogP contribution >= 0.6 is 0 Å². The van der Waals surface area contributed by atoms with Crippen molar-refractivity contribution in [1.29, 1.82) is 0 Å². The monoisotopic (exact) mass is 284 g/mol. The van der Waals surface area contributed by atoms with E-state index in [0.29, 0.717) is 0 Å². The van der Waals surface area contributed by atoms with Crippen molar-refractivity contribution >= 4 is 11.9 Å². The molecule has 0 bridgehead atoms. The Kier molecular flexibility index (Phi) is 5.10. The van der Waals surface area contributed by atoms with Crippen LogP contribution in [0.4, 0.5) is 0 Å². The summed E-state index contributed by atoms with van der Waals surface area (Å²) in [4.78, 5) is 23.2. The zero-order valence-electron chi connectivity index (χ0n) is 11.4. The van der Waals surface area contributed by atoms with Crippen molar-refractivity contribution in [2.75, 3.05) is 0 Å². The van der Waals surface area contributed by atoms with Crippen molar-refractivity contribution in [2.24, 2.45) is 5.92 Å². The number of aliphatic carboxylic acids is 1. The second-order valence-corrected chi connectivity index (χ2v) is 4.67. The highest BCUT2D eigenvalue weighted by molar-refractivity contribution is 5.94. The molecule has 0 saturated carbocycles. The fourth-order valence-corrected chi connectivity index (χ4v) is 1.95. The topological polar surface area (TPSA) is 63.6 Å². The molecule has 0 fully saturated rings. The van der Waals surface area contributed by atoms with Gasteiger partial charge in [0, 0.05) is 0 Å². The summed E-state index contributed by atoms with van der Waals surface area (Å²) in [5.41, 5.74) is 1.62. The first-order valence-electron chi connectivity index (χ1n) is 6.64. The lowest BCUT2D eigenvalue weighted by molar-refractivity contribution is -0.159. The first-order valence-corrected chi connectivity index (χ1v) is 6.64. The van der Waals surface area contributed by atoms with E-state index in [1.165, 1.54) is 0 Å². The molecule has 2 rings (SSSR count). The van der Waals surface area contributed by atoms with Gasteiger partial charge in [0.25, 0.3) is 0 Å². The van der Waals surface area contributed by atoms with Crippen LogP contribution in [0.2, 0.25) is 0 Å². The Morgan fingerprint density at radius 1 is 0.905 bits per heavy atom. The van der Waals surface area contributed by atoms with E-state index in [9.17, 15) is 14.7 Å². The third-order valence-corrected chi connectivity index (χ3v) is 3.09. The highest BCUT2D eigenvalue weighted by atomic mass is 16.5. The van der Waals surface area contributed by atoms with Crippen LogP contribution in [-0.4, -0.2) is 17.0 Å². The fraction of sp³-hybridized carbons (Fsp3) is 0.176. The number of hydrogen-bond donors (Lipinski definition) is 1. The summed E-state index contributed by atoms with van der Waals surface area (Å²) >= 11 is 0. The van der Waals surface area contributed by atoms with E-state index in [2.05, 4.69) is 0 Å². The summed E-state index contributed by atoms with van der Waals surface area (Å²) < 4.78 is 5.10. The minimum absolute atomic E-state index is 0.0816. The number of carboxylic acid groups (broad SMARTS) is 1. The lowest BCUT2D eigenvalue weighted by atomic mass is 10.00. The van der Waals surface area contributed by atoms with Gasteiger partial charge in [0.1, 0.15) is 6.61 Å². The van der Waals surface area contributed by atoms with E-state index in [1.54, 1.807) is 12.1 Å². The van der Waals surface area contributed by atoms with Gasteiger partial charge in [0.2, 0.25) is 0 Å². The quantitative estimate of drug-likeness (QED) is 0.654. The highest BCUT2D eigenvalue weighted by Crippen LogP contribution is 2.12. The molecular formula is C17H16O4. The van der Waals surface area contributed by atoms with Crippen LogP contribution in [-0.2, 0) is 27.4 Å². The van der Waals surface area contributed by atoms with Crippen molar-refractivity contribution < 1.29 is 19.4 Å². The zero-order chi connectivity index (χ0) is 15.1. The number of benzene rings is 2. The Morgan fingerprint density at radius 2 is 1.43 bits per heavy atom. The van der Waals surface area contributed by atoms with Crippen LogP contribution in [0.1, 0.15) is 11.1 Å². The van der Waals surface area contributed by atoms with Crippen molar-refractivity contribution in [3.05, 3.63) is 71.8 Å². The fourth-order valence-electron chi connectivity index (χ4n) is 1.95. The molecule has 2 aromatic rings. The summed E-state index contributed by atoms with van der Waals surface area (Å²) in [6.07, 6.45) is 0.129. The predicted molar refractivity (Wildman–Crippen MR) is 77.5 cm³/mol. The molecular weight excluding hydrogens is 268 g/mol. The standard InChI is InChI=1S/C17H16O4/c18-16(19)15(11-13-7-3-1-4-8-13)17(20)21-12-14-9-5-2-6-10-14/h1-10,15H,11-12H2,(H,18,19). The van der Waals surface area contributed by atoms with Gasteiger partial charge in [-0.25, -0.2) is 0 Å². The molecule has 0 aliphatic carbocycles. The summed E-state index contributed by atoms with van der Waals surface area (Å²) in [5, 5.41) is 9.20. The number of carbonyl (C=O) groups is 2. The molecule has 21 heavy (non-hydrogen) atoms. The Labute approximate surface area is 123 Å². The molecule has 0 radical (unpaired) electrons. The van der Waals surface area contributed by atoms with Crippen molar-refractivity contribution in [3.8, 4) is 0 Å². The van der Waals surface area contributed by atoms with Gasteiger partial charge in [-0.05, 0) is 17.5 Å². The number of hydrogen-bond acceptors (Lipinski definition) is 3. The van der Waals surface area contributed by atoms with E-state index in [0.717, 1.165) is 11.1 Å². The highest BCUT2D eigenvalue weighted by Gasteiger charge is 2.28. The zero-order valence-corrected chi connectivity index (χ0v) is 11.4. The van der Waals surface area contributed by atoms with Crippen LogP contribution in [0.3, 0.4) is 0 Å². The molecule has 0 heterocycles. The molecule has 0 spiro atoms. The van der Waals surface area contributed by atoms with Gasteiger partial charge in [-0.1, -0.05) is 60.7 Å². The van der Waals surface area contributed by atoms with Crippen molar-refractivity contribution in [3.63, 3.8) is 0 Å². The first kappa shape index (κ1) is 14.8. The van der Waals surface area contributed by atoms with Crippen molar-refractivity contribution in [1.82, 2.24) is 0 Å². The molecule has 2 aromatic carbocycles. The number of esters is 1. The molecule has 108 valence electrons. The van der Waals surface area contributed by atoms with Crippen LogP contribution in [0.15, 0.2) is 60.7 Å². The Morgan fingerprint density at radius 3 is 1.95 bits per heavy atom. The summed E-state index contributed by atoms with van der Waals surface area (Å²) in [6.45, 7) is 0.0816. The van der Waals surface area contributed by atoms with Crippen LogP contribution < -0.4 is 0 Å². The smallest absolute Gasteiger partial charge is 0.320 e. The molecule has 0 saturated heterocycles. The normalized spacial score (nSPS) is 11.6. The average molecular weight is 284 g/mol.